The van der Waals surface area contributed by atoms with Crippen LogP contribution in [0.2, 0.25) is 0 Å². The molecule has 0 atom stereocenters. The number of hydrogen-bond acceptors (Lipinski definition) is 5. The second-order valence-electron chi connectivity index (χ2n) is 6.10. The molecule has 1 N–H and O–H groups in total. The van der Waals surface area contributed by atoms with E-state index in [4.69, 9.17) is 0 Å². The Hall–Kier alpha value is -2.80. The lowest BCUT2D eigenvalue weighted by Crippen LogP contribution is -2.05. The maximum absolute atomic E-state index is 4.54. The van der Waals surface area contributed by atoms with Crippen molar-refractivity contribution < 1.29 is 0 Å². The lowest BCUT2D eigenvalue weighted by atomic mass is 10.2. The van der Waals surface area contributed by atoms with E-state index in [0.717, 1.165) is 44.0 Å². The summed E-state index contributed by atoms with van der Waals surface area (Å²) in [6, 6.07) is 9.96. The van der Waals surface area contributed by atoms with E-state index < -0.39 is 0 Å². The molecule has 0 unspecified atom stereocenters. The molecule has 6 nitrogen and oxygen atoms in total. The zero-order chi connectivity index (χ0) is 18.1. The zero-order valence-corrected chi connectivity index (χ0v) is 16.0. The Balaban J connectivity index is 1.53. The van der Waals surface area contributed by atoms with Crippen LogP contribution in [0.25, 0.3) is 16.9 Å². The molecular weight excluding hydrogens is 392 g/mol. The molecule has 0 aliphatic heterocycles. The second kappa shape index (κ2) is 6.84. The third kappa shape index (κ3) is 3.30. The van der Waals surface area contributed by atoms with Gasteiger partial charge in [0.2, 0.25) is 0 Å². The van der Waals surface area contributed by atoms with Gasteiger partial charge in [0, 0.05) is 35.3 Å². The van der Waals surface area contributed by atoms with Gasteiger partial charge in [-0.25, -0.2) is 9.67 Å². The molecule has 0 bridgehead atoms. The molecule has 26 heavy (non-hydrogen) atoms. The van der Waals surface area contributed by atoms with Gasteiger partial charge in [-0.2, -0.15) is 5.10 Å². The Morgan fingerprint density at radius 3 is 2.65 bits per heavy atom. The van der Waals surface area contributed by atoms with Crippen LogP contribution in [0.5, 0.6) is 0 Å². The summed E-state index contributed by atoms with van der Waals surface area (Å²) in [7, 11) is 0. The highest BCUT2D eigenvalue weighted by molar-refractivity contribution is 9.10. The maximum Gasteiger partial charge on any atom is 0.153 e. The molecule has 0 aliphatic carbocycles. The predicted octanol–water partition coefficient (Wildman–Crippen LogP) is 4.20. The smallest absolute Gasteiger partial charge is 0.153 e. The molecule has 7 heteroatoms. The standard InChI is InChI=1S/C19H17BrN6/c1-12-7-13(2)26(25-12)18-4-3-14(10-23-18)9-22-16-5-6-21-17-8-15(20)11-24-19(16)17/h3-8,10-11H,9H2,1-2H3,(H,21,22). The van der Waals surface area contributed by atoms with Crippen molar-refractivity contribution in [2.24, 2.45) is 0 Å². The number of halogens is 1. The van der Waals surface area contributed by atoms with E-state index >= 15 is 0 Å². The van der Waals surface area contributed by atoms with Gasteiger partial charge < -0.3 is 5.32 Å². The van der Waals surface area contributed by atoms with Crippen molar-refractivity contribution in [2.45, 2.75) is 20.4 Å². The van der Waals surface area contributed by atoms with Crippen LogP contribution in [0.4, 0.5) is 5.69 Å². The van der Waals surface area contributed by atoms with Gasteiger partial charge in [-0.05, 0) is 59.6 Å². The van der Waals surface area contributed by atoms with Crippen LogP contribution in [-0.4, -0.2) is 24.7 Å². The van der Waals surface area contributed by atoms with Crippen LogP contribution in [0.15, 0.2) is 53.4 Å². The highest BCUT2D eigenvalue weighted by Gasteiger charge is 2.06. The topological polar surface area (TPSA) is 68.5 Å². The van der Waals surface area contributed by atoms with Gasteiger partial charge in [-0.15, -0.1) is 0 Å². The summed E-state index contributed by atoms with van der Waals surface area (Å²) in [6.45, 7) is 4.66. The van der Waals surface area contributed by atoms with E-state index in [1.54, 1.807) is 12.4 Å². The monoisotopic (exact) mass is 408 g/mol. The molecule has 0 aromatic carbocycles. The van der Waals surface area contributed by atoms with Gasteiger partial charge in [0.15, 0.2) is 5.82 Å². The minimum Gasteiger partial charge on any atom is -0.379 e. The number of nitrogens with one attached hydrogen (secondary N) is 1. The molecule has 0 radical (unpaired) electrons. The number of pyridine rings is 3. The van der Waals surface area contributed by atoms with Crippen molar-refractivity contribution in [3.63, 3.8) is 0 Å². The van der Waals surface area contributed by atoms with Crippen molar-refractivity contribution in [3.8, 4) is 5.82 Å². The predicted molar refractivity (Wildman–Crippen MR) is 105 cm³/mol. The number of anilines is 1. The number of fused-ring (bicyclic) bond motifs is 1. The average molecular weight is 409 g/mol. The largest absolute Gasteiger partial charge is 0.379 e. The van der Waals surface area contributed by atoms with Gasteiger partial charge >= 0.3 is 0 Å². The normalized spacial score (nSPS) is 11.0. The first kappa shape index (κ1) is 16.7. The van der Waals surface area contributed by atoms with E-state index in [-0.39, 0.29) is 0 Å². The number of nitrogens with zero attached hydrogens (tertiary/aromatic N) is 5. The molecule has 130 valence electrons. The van der Waals surface area contributed by atoms with Crippen LogP contribution in [0.1, 0.15) is 17.0 Å². The lowest BCUT2D eigenvalue weighted by molar-refractivity contribution is 0.804. The molecule has 0 saturated carbocycles. The zero-order valence-electron chi connectivity index (χ0n) is 14.4. The molecule has 0 saturated heterocycles. The summed E-state index contributed by atoms with van der Waals surface area (Å²) in [5.41, 5.74) is 5.79. The summed E-state index contributed by atoms with van der Waals surface area (Å²) < 4.78 is 2.77. The molecular formula is C19H17BrN6. The average Bonchev–Trinajstić information content (AvgIpc) is 2.98. The first-order valence-electron chi connectivity index (χ1n) is 8.23. The summed E-state index contributed by atoms with van der Waals surface area (Å²) in [5, 5.41) is 7.88. The molecule has 0 amide bonds. The van der Waals surface area contributed by atoms with Crippen molar-refractivity contribution in [1.29, 1.82) is 0 Å². The third-order valence-electron chi connectivity index (χ3n) is 4.06. The third-order valence-corrected chi connectivity index (χ3v) is 4.50. The first-order valence-corrected chi connectivity index (χ1v) is 9.02. The Kier molecular flexibility index (Phi) is 4.38. The number of aromatic nitrogens is 5. The van der Waals surface area contributed by atoms with Crippen LogP contribution in [0.3, 0.4) is 0 Å². The van der Waals surface area contributed by atoms with E-state index in [1.807, 2.05) is 49.0 Å². The quantitative estimate of drug-likeness (QED) is 0.547. The molecule has 0 fully saturated rings. The second-order valence-corrected chi connectivity index (χ2v) is 7.01. The Labute approximate surface area is 159 Å². The van der Waals surface area contributed by atoms with Crippen molar-refractivity contribution >= 4 is 32.7 Å². The summed E-state index contributed by atoms with van der Waals surface area (Å²) in [4.78, 5) is 13.4. The highest BCUT2D eigenvalue weighted by Crippen LogP contribution is 2.22. The van der Waals surface area contributed by atoms with Crippen molar-refractivity contribution in [2.75, 3.05) is 5.32 Å². The van der Waals surface area contributed by atoms with E-state index in [1.165, 1.54) is 0 Å². The van der Waals surface area contributed by atoms with Crippen LogP contribution < -0.4 is 5.32 Å². The molecule has 0 spiro atoms. The fraction of sp³-hybridized carbons (Fsp3) is 0.158. The summed E-state index contributed by atoms with van der Waals surface area (Å²) >= 11 is 3.43. The maximum atomic E-state index is 4.54. The van der Waals surface area contributed by atoms with Gasteiger partial charge in [-0.3, -0.25) is 9.97 Å². The fourth-order valence-electron chi connectivity index (χ4n) is 2.85. The van der Waals surface area contributed by atoms with E-state index in [9.17, 15) is 0 Å². The lowest BCUT2D eigenvalue weighted by Gasteiger charge is -2.09. The van der Waals surface area contributed by atoms with Crippen molar-refractivity contribution in [3.05, 3.63) is 70.3 Å². The Morgan fingerprint density at radius 2 is 1.92 bits per heavy atom. The molecule has 4 rings (SSSR count). The SMILES string of the molecule is Cc1cc(C)n(-c2ccc(CNc3ccnc4cc(Br)cnc34)cn2)n1. The van der Waals surface area contributed by atoms with E-state index in [2.05, 4.69) is 47.4 Å². The Bertz CT molecular complexity index is 1070. The first-order chi connectivity index (χ1) is 12.6. The minimum atomic E-state index is 0.654. The van der Waals surface area contributed by atoms with Gasteiger partial charge in [0.25, 0.3) is 0 Å². The molecule has 4 aromatic heterocycles. The molecule has 4 aromatic rings. The Morgan fingerprint density at radius 1 is 1.04 bits per heavy atom. The van der Waals surface area contributed by atoms with Crippen LogP contribution in [0, 0.1) is 13.8 Å². The fourth-order valence-corrected chi connectivity index (χ4v) is 3.17. The van der Waals surface area contributed by atoms with Gasteiger partial charge in [0.1, 0.15) is 5.52 Å². The van der Waals surface area contributed by atoms with Crippen LogP contribution >= 0.6 is 15.9 Å². The van der Waals surface area contributed by atoms with E-state index in [0.29, 0.717) is 6.54 Å². The van der Waals surface area contributed by atoms with Crippen molar-refractivity contribution in [1.82, 2.24) is 24.7 Å². The summed E-state index contributed by atoms with van der Waals surface area (Å²) in [6.07, 6.45) is 5.43. The minimum absolute atomic E-state index is 0.654. The number of aryl methyl sites for hydroxylation is 2. The number of rotatable bonds is 4. The van der Waals surface area contributed by atoms with Crippen LogP contribution in [-0.2, 0) is 6.54 Å². The summed E-state index contributed by atoms with van der Waals surface area (Å²) in [5.74, 6) is 0.820. The number of hydrogen-bond donors (Lipinski definition) is 1. The molecule has 4 heterocycles. The van der Waals surface area contributed by atoms with Gasteiger partial charge in [0.05, 0.1) is 16.9 Å². The highest BCUT2D eigenvalue weighted by atomic mass is 79.9. The van der Waals surface area contributed by atoms with Gasteiger partial charge in [-0.1, -0.05) is 6.07 Å². The molecule has 0 aliphatic rings.